The predicted octanol–water partition coefficient (Wildman–Crippen LogP) is 2.56. The first-order valence-electron chi connectivity index (χ1n) is 8.17. The summed E-state index contributed by atoms with van der Waals surface area (Å²) in [4.78, 5) is 0. The quantitative estimate of drug-likeness (QED) is 0.788. The topological polar surface area (TPSA) is 32.3 Å². The lowest BCUT2D eigenvalue weighted by molar-refractivity contribution is -0.183. The molecule has 4 aliphatic carbocycles. The van der Waals surface area contributed by atoms with Crippen molar-refractivity contribution in [2.24, 2.45) is 29.6 Å². The minimum Gasteiger partial charge on any atom is -0.389 e. The molecule has 0 atom stereocenters. The summed E-state index contributed by atoms with van der Waals surface area (Å²) in [6.45, 7) is 2.34. The zero-order chi connectivity index (χ0) is 12.2. The number of piperidine rings is 1. The minimum atomic E-state index is -0.268. The van der Waals surface area contributed by atoms with Gasteiger partial charge in [0.05, 0.1) is 5.60 Å². The van der Waals surface area contributed by atoms with Gasteiger partial charge in [-0.05, 0) is 94.0 Å². The van der Waals surface area contributed by atoms with Crippen molar-refractivity contribution in [1.29, 1.82) is 0 Å². The van der Waals surface area contributed by atoms with Gasteiger partial charge in [-0.3, -0.25) is 0 Å². The Balaban J connectivity index is 1.51. The number of nitrogens with one attached hydrogen (secondary N) is 1. The van der Waals surface area contributed by atoms with Gasteiger partial charge in [0, 0.05) is 0 Å². The summed E-state index contributed by atoms with van der Waals surface area (Å²) < 4.78 is 0. The summed E-state index contributed by atoms with van der Waals surface area (Å²) in [5.74, 6) is 4.04. The Morgan fingerprint density at radius 1 is 0.889 bits per heavy atom. The molecule has 4 bridgehead atoms. The largest absolute Gasteiger partial charge is 0.389 e. The fourth-order valence-electron chi connectivity index (χ4n) is 5.88. The SMILES string of the molecule is OC1(CC2CCNCC2)C2CC3CC(C2)CC1C3. The fraction of sp³-hybridized carbons (Fsp3) is 1.00. The Labute approximate surface area is 111 Å². The number of hydrogen-bond donors (Lipinski definition) is 2. The third kappa shape index (κ3) is 1.76. The molecule has 1 saturated heterocycles. The summed E-state index contributed by atoms with van der Waals surface area (Å²) in [5, 5.41) is 14.8. The molecule has 4 saturated carbocycles. The number of aliphatic hydroxyl groups is 1. The van der Waals surface area contributed by atoms with Gasteiger partial charge in [-0.2, -0.15) is 0 Å². The number of rotatable bonds is 2. The van der Waals surface area contributed by atoms with Gasteiger partial charge >= 0.3 is 0 Å². The molecular formula is C16H27NO. The van der Waals surface area contributed by atoms with E-state index in [0.29, 0.717) is 11.8 Å². The van der Waals surface area contributed by atoms with Crippen LogP contribution in [0.1, 0.15) is 51.4 Å². The van der Waals surface area contributed by atoms with E-state index >= 15 is 0 Å². The molecule has 2 heteroatoms. The van der Waals surface area contributed by atoms with Crippen LogP contribution in [0, 0.1) is 29.6 Å². The molecule has 0 aromatic heterocycles. The lowest BCUT2D eigenvalue weighted by Gasteiger charge is -2.59. The van der Waals surface area contributed by atoms with E-state index in [2.05, 4.69) is 5.32 Å². The van der Waals surface area contributed by atoms with Crippen molar-refractivity contribution in [2.45, 2.75) is 57.0 Å². The van der Waals surface area contributed by atoms with E-state index in [1.165, 1.54) is 58.0 Å². The molecule has 0 unspecified atom stereocenters. The van der Waals surface area contributed by atoms with Crippen molar-refractivity contribution < 1.29 is 5.11 Å². The molecule has 0 amide bonds. The van der Waals surface area contributed by atoms with Crippen LogP contribution in [-0.4, -0.2) is 23.8 Å². The second-order valence-corrected chi connectivity index (χ2v) is 7.69. The first kappa shape index (κ1) is 11.7. The van der Waals surface area contributed by atoms with Crippen LogP contribution < -0.4 is 5.32 Å². The highest BCUT2D eigenvalue weighted by Gasteiger charge is 2.56. The molecule has 5 aliphatic rings. The van der Waals surface area contributed by atoms with Gasteiger partial charge in [-0.1, -0.05) is 0 Å². The monoisotopic (exact) mass is 249 g/mol. The molecular weight excluding hydrogens is 222 g/mol. The lowest BCUT2D eigenvalue weighted by atomic mass is 9.48. The highest BCUT2D eigenvalue weighted by molar-refractivity contribution is 5.07. The molecule has 102 valence electrons. The highest BCUT2D eigenvalue weighted by atomic mass is 16.3. The average molecular weight is 249 g/mol. The van der Waals surface area contributed by atoms with Gasteiger partial charge in [-0.15, -0.1) is 0 Å². The Morgan fingerprint density at radius 3 is 2.00 bits per heavy atom. The minimum absolute atomic E-state index is 0.268. The normalized spacial score (nSPS) is 51.8. The number of hydrogen-bond acceptors (Lipinski definition) is 2. The third-order valence-electron chi connectivity index (χ3n) is 6.63. The Hall–Kier alpha value is -0.0800. The first-order chi connectivity index (χ1) is 8.74. The molecule has 2 nitrogen and oxygen atoms in total. The molecule has 5 rings (SSSR count). The van der Waals surface area contributed by atoms with E-state index in [-0.39, 0.29) is 5.60 Å². The fourth-order valence-corrected chi connectivity index (χ4v) is 5.88. The van der Waals surface area contributed by atoms with Crippen LogP contribution in [-0.2, 0) is 0 Å². The Morgan fingerprint density at radius 2 is 1.44 bits per heavy atom. The average Bonchev–Trinajstić information content (AvgIpc) is 2.37. The van der Waals surface area contributed by atoms with Crippen molar-refractivity contribution >= 4 is 0 Å². The van der Waals surface area contributed by atoms with Crippen molar-refractivity contribution in [3.8, 4) is 0 Å². The summed E-state index contributed by atoms with van der Waals surface area (Å²) in [7, 11) is 0. The van der Waals surface area contributed by atoms with Gasteiger partial charge in [0.2, 0.25) is 0 Å². The maximum Gasteiger partial charge on any atom is 0.0706 e. The standard InChI is InChI=1S/C16H27NO/c18-16(10-11-1-3-17-4-2-11)14-6-12-5-13(8-14)9-15(16)7-12/h11-15,17-18H,1-10H2. The summed E-state index contributed by atoms with van der Waals surface area (Å²) in [5.41, 5.74) is -0.268. The Kier molecular flexibility index (Phi) is 2.74. The van der Waals surface area contributed by atoms with Crippen LogP contribution in [0.2, 0.25) is 0 Å². The molecule has 5 fully saturated rings. The zero-order valence-electron chi connectivity index (χ0n) is 11.4. The molecule has 18 heavy (non-hydrogen) atoms. The smallest absolute Gasteiger partial charge is 0.0706 e. The maximum atomic E-state index is 11.3. The molecule has 0 radical (unpaired) electrons. The zero-order valence-corrected chi connectivity index (χ0v) is 11.4. The molecule has 0 aromatic rings. The van der Waals surface area contributed by atoms with Gasteiger partial charge in [0.1, 0.15) is 0 Å². The van der Waals surface area contributed by atoms with E-state index in [1.807, 2.05) is 0 Å². The van der Waals surface area contributed by atoms with E-state index in [0.717, 1.165) is 24.2 Å². The van der Waals surface area contributed by atoms with Gasteiger partial charge in [0.25, 0.3) is 0 Å². The molecule has 1 aliphatic heterocycles. The van der Waals surface area contributed by atoms with Crippen LogP contribution >= 0.6 is 0 Å². The van der Waals surface area contributed by atoms with Crippen molar-refractivity contribution in [1.82, 2.24) is 5.32 Å². The van der Waals surface area contributed by atoms with E-state index in [9.17, 15) is 5.11 Å². The van der Waals surface area contributed by atoms with Crippen LogP contribution in [0.25, 0.3) is 0 Å². The lowest BCUT2D eigenvalue weighted by Crippen LogP contribution is -2.58. The Bertz CT molecular complexity index is 293. The van der Waals surface area contributed by atoms with Gasteiger partial charge in [-0.25, -0.2) is 0 Å². The summed E-state index contributed by atoms with van der Waals surface area (Å²) >= 11 is 0. The third-order valence-corrected chi connectivity index (χ3v) is 6.63. The molecule has 1 heterocycles. The van der Waals surface area contributed by atoms with Gasteiger partial charge in [0.15, 0.2) is 0 Å². The van der Waals surface area contributed by atoms with Crippen LogP contribution in [0.3, 0.4) is 0 Å². The second kappa shape index (κ2) is 4.21. The molecule has 0 aromatic carbocycles. The molecule has 2 N–H and O–H groups in total. The summed E-state index contributed by atoms with van der Waals surface area (Å²) in [6.07, 6.45) is 10.5. The predicted molar refractivity (Wildman–Crippen MR) is 72.2 cm³/mol. The molecule has 0 spiro atoms. The van der Waals surface area contributed by atoms with Crippen molar-refractivity contribution in [2.75, 3.05) is 13.1 Å². The van der Waals surface area contributed by atoms with E-state index in [4.69, 9.17) is 0 Å². The van der Waals surface area contributed by atoms with Gasteiger partial charge < -0.3 is 10.4 Å². The van der Waals surface area contributed by atoms with Crippen LogP contribution in [0.5, 0.6) is 0 Å². The van der Waals surface area contributed by atoms with Crippen LogP contribution in [0.4, 0.5) is 0 Å². The van der Waals surface area contributed by atoms with Crippen molar-refractivity contribution in [3.05, 3.63) is 0 Å². The maximum absolute atomic E-state index is 11.3. The van der Waals surface area contributed by atoms with Crippen LogP contribution in [0.15, 0.2) is 0 Å². The first-order valence-corrected chi connectivity index (χ1v) is 8.17. The second-order valence-electron chi connectivity index (χ2n) is 7.69. The van der Waals surface area contributed by atoms with Crippen molar-refractivity contribution in [3.63, 3.8) is 0 Å². The van der Waals surface area contributed by atoms with E-state index in [1.54, 1.807) is 0 Å². The summed E-state index contributed by atoms with van der Waals surface area (Å²) in [6, 6.07) is 0. The van der Waals surface area contributed by atoms with E-state index < -0.39 is 0 Å². The highest BCUT2D eigenvalue weighted by Crippen LogP contribution is 2.60.